The molecule has 2 aromatic carbocycles. The Bertz CT molecular complexity index is 681. The Balaban J connectivity index is 1.62. The molecule has 0 spiro atoms. The highest BCUT2D eigenvalue weighted by Gasteiger charge is 2.30. The molecule has 0 aliphatic heterocycles. The van der Waals surface area contributed by atoms with Crippen molar-refractivity contribution in [3.8, 4) is 11.1 Å². The molecule has 140 valence electrons. The van der Waals surface area contributed by atoms with E-state index in [1.807, 2.05) is 12.1 Å². The lowest BCUT2D eigenvalue weighted by Gasteiger charge is -2.28. The Labute approximate surface area is 153 Å². The minimum absolute atomic E-state index is 0.593. The minimum Gasteiger partial charge on any atom is -0.385 e. The van der Waals surface area contributed by atoms with Crippen molar-refractivity contribution >= 4 is 0 Å². The highest BCUT2D eigenvalue weighted by Crippen LogP contribution is 2.38. The number of hydrogen-bond acceptors (Lipinski definition) is 1. The van der Waals surface area contributed by atoms with Crippen LogP contribution in [0, 0.1) is 5.92 Å². The van der Waals surface area contributed by atoms with E-state index in [0.717, 1.165) is 42.2 Å². The van der Waals surface area contributed by atoms with E-state index in [1.165, 1.54) is 31.2 Å². The summed E-state index contributed by atoms with van der Waals surface area (Å²) < 4.78 is 43.2. The third kappa shape index (κ3) is 4.67. The van der Waals surface area contributed by atoms with E-state index in [9.17, 15) is 13.2 Å². The molecule has 3 rings (SSSR count). The summed E-state index contributed by atoms with van der Waals surface area (Å²) in [6.45, 7) is 0.844. The van der Waals surface area contributed by atoms with Crippen molar-refractivity contribution in [1.29, 1.82) is 0 Å². The van der Waals surface area contributed by atoms with Gasteiger partial charge < -0.3 is 4.74 Å². The van der Waals surface area contributed by atoms with E-state index in [4.69, 9.17) is 4.74 Å². The number of hydrogen-bond donors (Lipinski definition) is 0. The third-order valence-electron chi connectivity index (χ3n) is 5.50. The zero-order valence-electron chi connectivity index (χ0n) is 15.1. The first-order chi connectivity index (χ1) is 12.5. The second kappa shape index (κ2) is 8.26. The zero-order chi connectivity index (χ0) is 18.6. The van der Waals surface area contributed by atoms with Gasteiger partial charge in [0.15, 0.2) is 0 Å². The normalized spacial score (nSPS) is 20.9. The number of benzene rings is 2. The van der Waals surface area contributed by atoms with Gasteiger partial charge in [-0.15, -0.1) is 0 Å². The first kappa shape index (κ1) is 19.0. The van der Waals surface area contributed by atoms with E-state index in [2.05, 4.69) is 12.1 Å². The summed E-state index contributed by atoms with van der Waals surface area (Å²) in [5.41, 5.74) is 2.50. The van der Waals surface area contributed by atoms with E-state index in [0.29, 0.717) is 5.92 Å². The van der Waals surface area contributed by atoms with Crippen LogP contribution in [0.4, 0.5) is 13.2 Å². The lowest BCUT2D eigenvalue weighted by atomic mass is 9.77. The standard InChI is InChI=1S/C22H25F3O/c1-26-15-14-16-2-4-17(5-3-16)18-6-8-19(9-7-18)20-10-12-21(13-11-20)22(23,24)25/h6-13,16-17H,2-5,14-15H2,1H3. The van der Waals surface area contributed by atoms with Crippen molar-refractivity contribution < 1.29 is 17.9 Å². The van der Waals surface area contributed by atoms with Crippen LogP contribution in [0.2, 0.25) is 0 Å². The highest BCUT2D eigenvalue weighted by molar-refractivity contribution is 5.64. The second-order valence-electron chi connectivity index (χ2n) is 7.20. The SMILES string of the molecule is COCCC1CCC(c2ccc(-c3ccc(C(F)(F)F)cc3)cc2)CC1. The van der Waals surface area contributed by atoms with Gasteiger partial charge in [-0.3, -0.25) is 0 Å². The average Bonchev–Trinajstić information content (AvgIpc) is 2.66. The van der Waals surface area contributed by atoms with Gasteiger partial charge in [0.1, 0.15) is 0 Å². The summed E-state index contributed by atoms with van der Waals surface area (Å²) in [6, 6.07) is 13.7. The van der Waals surface area contributed by atoms with Crippen LogP contribution in [0.25, 0.3) is 11.1 Å². The van der Waals surface area contributed by atoms with Crippen molar-refractivity contribution in [3.63, 3.8) is 0 Å². The van der Waals surface area contributed by atoms with Gasteiger partial charge in [-0.2, -0.15) is 13.2 Å². The molecule has 1 aliphatic rings. The molecule has 2 aromatic rings. The summed E-state index contributed by atoms with van der Waals surface area (Å²) in [5, 5.41) is 0. The van der Waals surface area contributed by atoms with Gasteiger partial charge in [0.2, 0.25) is 0 Å². The first-order valence-corrected chi connectivity index (χ1v) is 9.24. The predicted octanol–water partition coefficient (Wildman–Crippen LogP) is 6.68. The Morgan fingerprint density at radius 1 is 0.846 bits per heavy atom. The van der Waals surface area contributed by atoms with Gasteiger partial charge in [-0.25, -0.2) is 0 Å². The molecule has 1 aliphatic carbocycles. The van der Waals surface area contributed by atoms with Crippen LogP contribution in [0.1, 0.15) is 49.1 Å². The first-order valence-electron chi connectivity index (χ1n) is 9.24. The molecule has 0 amide bonds. The summed E-state index contributed by atoms with van der Waals surface area (Å²) in [4.78, 5) is 0. The van der Waals surface area contributed by atoms with Crippen LogP contribution in [-0.4, -0.2) is 13.7 Å². The summed E-state index contributed by atoms with van der Waals surface area (Å²) in [6.07, 6.45) is 1.76. The molecular formula is C22H25F3O. The number of ether oxygens (including phenoxy) is 1. The maximum Gasteiger partial charge on any atom is 0.416 e. The van der Waals surface area contributed by atoms with Crippen LogP contribution < -0.4 is 0 Å². The molecule has 1 saturated carbocycles. The zero-order valence-corrected chi connectivity index (χ0v) is 15.1. The molecule has 0 radical (unpaired) electrons. The molecule has 0 saturated heterocycles. The molecule has 0 heterocycles. The lowest BCUT2D eigenvalue weighted by Crippen LogP contribution is -2.14. The van der Waals surface area contributed by atoms with Crippen molar-refractivity contribution in [2.45, 2.75) is 44.2 Å². The fourth-order valence-electron chi connectivity index (χ4n) is 3.87. The summed E-state index contributed by atoms with van der Waals surface area (Å²) in [7, 11) is 1.75. The van der Waals surface area contributed by atoms with Crippen LogP contribution in [-0.2, 0) is 10.9 Å². The Kier molecular flexibility index (Phi) is 6.02. The smallest absolute Gasteiger partial charge is 0.385 e. The fourth-order valence-corrected chi connectivity index (χ4v) is 3.87. The Hall–Kier alpha value is -1.81. The quantitative estimate of drug-likeness (QED) is 0.576. The van der Waals surface area contributed by atoms with Crippen molar-refractivity contribution in [3.05, 3.63) is 59.7 Å². The largest absolute Gasteiger partial charge is 0.416 e. The molecule has 0 N–H and O–H groups in total. The highest BCUT2D eigenvalue weighted by atomic mass is 19.4. The van der Waals surface area contributed by atoms with Crippen molar-refractivity contribution in [1.82, 2.24) is 0 Å². The maximum absolute atomic E-state index is 12.7. The number of methoxy groups -OCH3 is 1. The van der Waals surface area contributed by atoms with Gasteiger partial charge in [0.05, 0.1) is 5.56 Å². The molecule has 0 atom stereocenters. The Morgan fingerprint density at radius 3 is 1.88 bits per heavy atom. The number of alkyl halides is 3. The van der Waals surface area contributed by atoms with Gasteiger partial charge in [-0.1, -0.05) is 36.4 Å². The van der Waals surface area contributed by atoms with E-state index in [1.54, 1.807) is 19.2 Å². The topological polar surface area (TPSA) is 9.23 Å². The van der Waals surface area contributed by atoms with Gasteiger partial charge in [0, 0.05) is 13.7 Å². The predicted molar refractivity (Wildman–Crippen MR) is 98.1 cm³/mol. The Morgan fingerprint density at radius 2 is 1.38 bits per heavy atom. The molecule has 0 aromatic heterocycles. The van der Waals surface area contributed by atoms with Crippen LogP contribution in [0.3, 0.4) is 0 Å². The minimum atomic E-state index is -4.29. The van der Waals surface area contributed by atoms with Crippen molar-refractivity contribution in [2.75, 3.05) is 13.7 Å². The molecule has 1 nitrogen and oxygen atoms in total. The molecule has 4 heteroatoms. The molecular weight excluding hydrogens is 337 g/mol. The molecule has 0 bridgehead atoms. The van der Waals surface area contributed by atoms with E-state index < -0.39 is 11.7 Å². The fraction of sp³-hybridized carbons (Fsp3) is 0.455. The van der Waals surface area contributed by atoms with E-state index >= 15 is 0 Å². The van der Waals surface area contributed by atoms with E-state index in [-0.39, 0.29) is 0 Å². The number of rotatable bonds is 5. The second-order valence-corrected chi connectivity index (χ2v) is 7.20. The average molecular weight is 362 g/mol. The lowest BCUT2D eigenvalue weighted by molar-refractivity contribution is -0.137. The molecule has 26 heavy (non-hydrogen) atoms. The number of halogens is 3. The van der Waals surface area contributed by atoms with Gasteiger partial charge in [0.25, 0.3) is 0 Å². The summed E-state index contributed by atoms with van der Waals surface area (Å²) >= 11 is 0. The van der Waals surface area contributed by atoms with Crippen LogP contribution in [0.5, 0.6) is 0 Å². The molecule has 1 fully saturated rings. The maximum atomic E-state index is 12.7. The van der Waals surface area contributed by atoms with Gasteiger partial charge >= 0.3 is 6.18 Å². The third-order valence-corrected chi connectivity index (χ3v) is 5.50. The van der Waals surface area contributed by atoms with Crippen LogP contribution in [0.15, 0.2) is 48.5 Å². The monoisotopic (exact) mass is 362 g/mol. The molecule has 0 unspecified atom stereocenters. The summed E-state index contributed by atoms with van der Waals surface area (Å²) in [5.74, 6) is 1.37. The van der Waals surface area contributed by atoms with Crippen molar-refractivity contribution in [2.24, 2.45) is 5.92 Å². The van der Waals surface area contributed by atoms with Gasteiger partial charge in [-0.05, 0) is 72.8 Å². The van der Waals surface area contributed by atoms with Crippen LogP contribution >= 0.6 is 0 Å².